The molecule has 2 aromatic rings. The van der Waals surface area contributed by atoms with Crippen molar-refractivity contribution in [1.82, 2.24) is 0 Å². The van der Waals surface area contributed by atoms with Crippen LogP contribution in [0.3, 0.4) is 0 Å². The van der Waals surface area contributed by atoms with E-state index in [4.69, 9.17) is 5.26 Å². The fourth-order valence-corrected chi connectivity index (χ4v) is 2.06. The number of carbonyl (C=O) groups excluding carboxylic acids is 1. The van der Waals surface area contributed by atoms with Crippen molar-refractivity contribution in [2.24, 2.45) is 0 Å². The Balaban J connectivity index is 2.23. The summed E-state index contributed by atoms with van der Waals surface area (Å²) >= 11 is 0. The zero-order chi connectivity index (χ0) is 14.4. The molecule has 3 heteroatoms. The SMILES string of the molecule is CCN(C(=O)c1ccc(CC#N)cc1)c1ccccc1. The van der Waals surface area contributed by atoms with Crippen LogP contribution in [-0.4, -0.2) is 12.5 Å². The molecular weight excluding hydrogens is 248 g/mol. The minimum Gasteiger partial charge on any atom is -0.309 e. The zero-order valence-electron chi connectivity index (χ0n) is 11.4. The second kappa shape index (κ2) is 6.53. The molecule has 0 aromatic heterocycles. The highest BCUT2D eigenvalue weighted by atomic mass is 16.2. The molecule has 0 saturated carbocycles. The van der Waals surface area contributed by atoms with Crippen molar-refractivity contribution in [3.05, 3.63) is 65.7 Å². The lowest BCUT2D eigenvalue weighted by molar-refractivity contribution is 0.0988. The summed E-state index contributed by atoms with van der Waals surface area (Å²) in [5.41, 5.74) is 2.45. The van der Waals surface area contributed by atoms with Gasteiger partial charge in [-0.1, -0.05) is 30.3 Å². The molecule has 0 spiro atoms. The summed E-state index contributed by atoms with van der Waals surface area (Å²) in [6.07, 6.45) is 0.366. The summed E-state index contributed by atoms with van der Waals surface area (Å²) in [7, 11) is 0. The maximum Gasteiger partial charge on any atom is 0.258 e. The number of para-hydroxylation sites is 1. The Bertz CT molecular complexity index is 612. The Morgan fingerprint density at radius 3 is 2.30 bits per heavy atom. The Hall–Kier alpha value is -2.60. The van der Waals surface area contributed by atoms with E-state index in [2.05, 4.69) is 6.07 Å². The maximum atomic E-state index is 12.5. The van der Waals surface area contributed by atoms with Crippen LogP contribution in [0, 0.1) is 11.3 Å². The number of benzene rings is 2. The number of hydrogen-bond acceptors (Lipinski definition) is 2. The molecule has 0 aliphatic carbocycles. The molecule has 0 heterocycles. The standard InChI is InChI=1S/C17H16N2O/c1-2-19(16-6-4-3-5-7-16)17(20)15-10-8-14(9-11-15)12-13-18/h3-11H,2,12H2,1H3. The molecule has 1 amide bonds. The number of amides is 1. The molecule has 2 aromatic carbocycles. The van der Waals surface area contributed by atoms with Crippen molar-refractivity contribution in [2.45, 2.75) is 13.3 Å². The van der Waals surface area contributed by atoms with Gasteiger partial charge in [0.1, 0.15) is 0 Å². The molecule has 0 atom stereocenters. The van der Waals surface area contributed by atoms with E-state index in [1.165, 1.54) is 0 Å². The van der Waals surface area contributed by atoms with Crippen LogP contribution in [0.4, 0.5) is 5.69 Å². The molecule has 2 rings (SSSR count). The van der Waals surface area contributed by atoms with Crippen molar-refractivity contribution in [2.75, 3.05) is 11.4 Å². The van der Waals surface area contributed by atoms with Crippen molar-refractivity contribution >= 4 is 11.6 Å². The van der Waals surface area contributed by atoms with Gasteiger partial charge in [-0.2, -0.15) is 5.26 Å². The van der Waals surface area contributed by atoms with Crippen LogP contribution in [0.2, 0.25) is 0 Å². The third-order valence-electron chi connectivity index (χ3n) is 3.11. The van der Waals surface area contributed by atoms with Gasteiger partial charge in [-0.15, -0.1) is 0 Å². The van der Waals surface area contributed by atoms with Crippen molar-refractivity contribution in [3.63, 3.8) is 0 Å². The first-order valence-electron chi connectivity index (χ1n) is 6.59. The molecule has 3 nitrogen and oxygen atoms in total. The van der Waals surface area contributed by atoms with E-state index in [9.17, 15) is 4.79 Å². The number of anilines is 1. The van der Waals surface area contributed by atoms with Gasteiger partial charge in [0.2, 0.25) is 0 Å². The van der Waals surface area contributed by atoms with E-state index >= 15 is 0 Å². The van der Waals surface area contributed by atoms with Gasteiger partial charge in [0.15, 0.2) is 0 Å². The van der Waals surface area contributed by atoms with Gasteiger partial charge in [-0.3, -0.25) is 4.79 Å². The summed E-state index contributed by atoms with van der Waals surface area (Å²) in [6.45, 7) is 2.57. The number of carbonyl (C=O) groups is 1. The Morgan fingerprint density at radius 2 is 1.75 bits per heavy atom. The van der Waals surface area contributed by atoms with Gasteiger partial charge in [-0.05, 0) is 36.8 Å². The van der Waals surface area contributed by atoms with Crippen molar-refractivity contribution in [1.29, 1.82) is 5.26 Å². The van der Waals surface area contributed by atoms with E-state index in [1.54, 1.807) is 17.0 Å². The number of nitrogens with zero attached hydrogens (tertiary/aromatic N) is 2. The van der Waals surface area contributed by atoms with Gasteiger partial charge < -0.3 is 4.90 Å². The predicted octanol–water partition coefficient (Wildman–Crippen LogP) is 3.42. The normalized spacial score (nSPS) is 9.80. The lowest BCUT2D eigenvalue weighted by Crippen LogP contribution is -2.30. The first-order chi connectivity index (χ1) is 9.76. The highest BCUT2D eigenvalue weighted by molar-refractivity contribution is 6.06. The highest BCUT2D eigenvalue weighted by Gasteiger charge is 2.15. The quantitative estimate of drug-likeness (QED) is 0.849. The Morgan fingerprint density at radius 1 is 1.10 bits per heavy atom. The Labute approximate surface area is 119 Å². The minimum absolute atomic E-state index is 0.0257. The van der Waals surface area contributed by atoms with E-state index in [0.717, 1.165) is 11.3 Å². The fraction of sp³-hybridized carbons (Fsp3) is 0.176. The van der Waals surface area contributed by atoms with Crippen LogP contribution in [-0.2, 0) is 6.42 Å². The molecule has 0 bridgehead atoms. The molecule has 0 radical (unpaired) electrons. The summed E-state index contributed by atoms with van der Waals surface area (Å²) in [6, 6.07) is 18.9. The third-order valence-corrected chi connectivity index (χ3v) is 3.11. The average Bonchev–Trinajstić information content (AvgIpc) is 2.50. The van der Waals surface area contributed by atoms with Crippen LogP contribution >= 0.6 is 0 Å². The summed E-state index contributed by atoms with van der Waals surface area (Å²) in [5.74, 6) is -0.0257. The molecule has 20 heavy (non-hydrogen) atoms. The first kappa shape index (κ1) is 13.8. The molecule has 0 saturated heterocycles. The molecular formula is C17H16N2O. The number of hydrogen-bond donors (Lipinski definition) is 0. The molecule has 0 fully saturated rings. The highest BCUT2D eigenvalue weighted by Crippen LogP contribution is 2.17. The van der Waals surface area contributed by atoms with Gasteiger partial charge >= 0.3 is 0 Å². The average molecular weight is 264 g/mol. The molecule has 0 unspecified atom stereocenters. The topological polar surface area (TPSA) is 44.1 Å². The van der Waals surface area contributed by atoms with Gasteiger partial charge in [-0.25, -0.2) is 0 Å². The van der Waals surface area contributed by atoms with Gasteiger partial charge in [0.25, 0.3) is 5.91 Å². The van der Waals surface area contributed by atoms with Crippen molar-refractivity contribution in [3.8, 4) is 6.07 Å². The van der Waals surface area contributed by atoms with Crippen LogP contribution in [0.15, 0.2) is 54.6 Å². The van der Waals surface area contributed by atoms with E-state index in [0.29, 0.717) is 18.5 Å². The second-order valence-corrected chi connectivity index (χ2v) is 4.42. The monoisotopic (exact) mass is 264 g/mol. The largest absolute Gasteiger partial charge is 0.309 e. The van der Waals surface area contributed by atoms with Crippen LogP contribution in [0.25, 0.3) is 0 Å². The number of nitriles is 1. The molecule has 0 aliphatic heterocycles. The fourth-order valence-electron chi connectivity index (χ4n) is 2.06. The van der Waals surface area contributed by atoms with Crippen molar-refractivity contribution < 1.29 is 4.79 Å². The minimum atomic E-state index is -0.0257. The molecule has 0 aliphatic rings. The van der Waals surface area contributed by atoms with Gasteiger partial charge in [0, 0.05) is 17.8 Å². The maximum absolute atomic E-state index is 12.5. The lowest BCUT2D eigenvalue weighted by atomic mass is 10.1. The predicted molar refractivity (Wildman–Crippen MR) is 79.6 cm³/mol. The smallest absolute Gasteiger partial charge is 0.258 e. The molecule has 100 valence electrons. The van der Waals surface area contributed by atoms with E-state index < -0.39 is 0 Å². The second-order valence-electron chi connectivity index (χ2n) is 4.42. The zero-order valence-corrected chi connectivity index (χ0v) is 11.4. The first-order valence-corrected chi connectivity index (χ1v) is 6.59. The summed E-state index contributed by atoms with van der Waals surface area (Å²) < 4.78 is 0. The number of rotatable bonds is 4. The van der Waals surface area contributed by atoms with Crippen LogP contribution < -0.4 is 4.90 Å². The van der Waals surface area contributed by atoms with E-state index in [-0.39, 0.29) is 5.91 Å². The van der Waals surface area contributed by atoms with Crippen LogP contribution in [0.1, 0.15) is 22.8 Å². The summed E-state index contributed by atoms with van der Waals surface area (Å²) in [5, 5.41) is 8.65. The lowest BCUT2D eigenvalue weighted by Gasteiger charge is -2.21. The third kappa shape index (κ3) is 3.04. The van der Waals surface area contributed by atoms with E-state index in [1.807, 2.05) is 49.4 Å². The molecule has 0 N–H and O–H groups in total. The Kier molecular flexibility index (Phi) is 4.52. The van der Waals surface area contributed by atoms with Crippen LogP contribution in [0.5, 0.6) is 0 Å². The van der Waals surface area contributed by atoms with Gasteiger partial charge in [0.05, 0.1) is 12.5 Å². The summed E-state index contributed by atoms with van der Waals surface area (Å²) in [4.78, 5) is 14.2.